The molecule has 7 heteroatoms. The van der Waals surface area contributed by atoms with Gasteiger partial charge in [-0.15, -0.1) is 0 Å². The number of nitrogens with zero attached hydrogens (tertiary/aromatic N) is 2. The Morgan fingerprint density at radius 1 is 1.30 bits per heavy atom. The van der Waals surface area contributed by atoms with Crippen molar-refractivity contribution in [3.63, 3.8) is 0 Å². The van der Waals surface area contributed by atoms with E-state index in [0.29, 0.717) is 22.5 Å². The van der Waals surface area contributed by atoms with Crippen LogP contribution >= 0.6 is 27.5 Å². The van der Waals surface area contributed by atoms with Crippen LogP contribution in [0.25, 0.3) is 0 Å². The molecule has 1 amide bonds. The van der Waals surface area contributed by atoms with E-state index in [-0.39, 0.29) is 17.0 Å². The lowest BCUT2D eigenvalue weighted by atomic mass is 10.1. The second kappa shape index (κ2) is 5.76. The van der Waals surface area contributed by atoms with E-state index in [4.69, 9.17) is 17.3 Å². The van der Waals surface area contributed by atoms with Gasteiger partial charge in [-0.05, 0) is 37.6 Å². The van der Waals surface area contributed by atoms with Crippen molar-refractivity contribution >= 4 is 45.1 Å². The Bertz CT molecular complexity index is 670. The van der Waals surface area contributed by atoms with Crippen molar-refractivity contribution in [2.24, 2.45) is 0 Å². The van der Waals surface area contributed by atoms with Crippen LogP contribution in [-0.4, -0.2) is 15.9 Å². The summed E-state index contributed by atoms with van der Waals surface area (Å²) in [4.78, 5) is 20.3. The molecule has 3 N–H and O–H groups in total. The van der Waals surface area contributed by atoms with Gasteiger partial charge in [0, 0.05) is 21.4 Å². The number of carbonyl (C=O) groups is 1. The third kappa shape index (κ3) is 3.26. The number of carbonyl (C=O) groups excluding carboxylic acids is 1. The molecule has 2 aromatic rings. The number of benzene rings is 1. The minimum Gasteiger partial charge on any atom is -0.398 e. The summed E-state index contributed by atoms with van der Waals surface area (Å²) in [6.07, 6.45) is 0. The van der Waals surface area contributed by atoms with Crippen LogP contribution in [0.5, 0.6) is 0 Å². The van der Waals surface area contributed by atoms with Crippen molar-refractivity contribution in [3.05, 3.63) is 44.6 Å². The molecule has 0 radical (unpaired) electrons. The van der Waals surface area contributed by atoms with E-state index in [1.54, 1.807) is 32.0 Å². The predicted molar refractivity (Wildman–Crippen MR) is 83.0 cm³/mol. The Morgan fingerprint density at radius 2 is 2.00 bits per heavy atom. The van der Waals surface area contributed by atoms with Gasteiger partial charge in [0.2, 0.25) is 5.95 Å². The van der Waals surface area contributed by atoms with Crippen molar-refractivity contribution in [2.75, 3.05) is 11.1 Å². The number of nitrogens with one attached hydrogen (secondary N) is 1. The molecule has 0 fully saturated rings. The van der Waals surface area contributed by atoms with Crippen LogP contribution in [0, 0.1) is 13.8 Å². The molecule has 0 aliphatic rings. The summed E-state index contributed by atoms with van der Waals surface area (Å²) in [5.41, 5.74) is 8.20. The van der Waals surface area contributed by atoms with Gasteiger partial charge in [0.05, 0.1) is 0 Å². The topological polar surface area (TPSA) is 80.9 Å². The maximum absolute atomic E-state index is 12.3. The molecule has 2 rings (SSSR count). The molecule has 0 spiro atoms. The van der Waals surface area contributed by atoms with Crippen LogP contribution in [0.15, 0.2) is 22.7 Å². The molecule has 0 saturated carbocycles. The Morgan fingerprint density at radius 3 is 2.65 bits per heavy atom. The van der Waals surface area contributed by atoms with Crippen molar-refractivity contribution < 1.29 is 4.79 Å². The van der Waals surface area contributed by atoms with Gasteiger partial charge in [-0.1, -0.05) is 27.5 Å². The van der Waals surface area contributed by atoms with Gasteiger partial charge >= 0.3 is 0 Å². The molecule has 0 saturated heterocycles. The minimum atomic E-state index is -0.336. The lowest BCUT2D eigenvalue weighted by Gasteiger charge is -2.10. The molecule has 0 bridgehead atoms. The molecule has 5 nitrogen and oxygen atoms in total. The lowest BCUT2D eigenvalue weighted by Crippen LogP contribution is -2.16. The van der Waals surface area contributed by atoms with Gasteiger partial charge < -0.3 is 5.73 Å². The zero-order valence-electron chi connectivity index (χ0n) is 10.9. The Kier molecular flexibility index (Phi) is 4.25. The van der Waals surface area contributed by atoms with Gasteiger partial charge in [0.15, 0.2) is 0 Å². The molecule has 20 heavy (non-hydrogen) atoms. The van der Waals surface area contributed by atoms with E-state index in [1.165, 1.54) is 0 Å². The highest BCUT2D eigenvalue weighted by Gasteiger charge is 2.14. The first-order valence-corrected chi connectivity index (χ1v) is 6.92. The SMILES string of the molecule is Cc1cc(Cl)nc(NC(=O)c2cc(Br)cc(N)c2C)n1. The maximum Gasteiger partial charge on any atom is 0.258 e. The number of aromatic nitrogens is 2. The summed E-state index contributed by atoms with van der Waals surface area (Å²) in [6.45, 7) is 3.55. The number of anilines is 2. The fourth-order valence-corrected chi connectivity index (χ4v) is 2.40. The van der Waals surface area contributed by atoms with Gasteiger partial charge in [0.1, 0.15) is 5.15 Å². The van der Waals surface area contributed by atoms with Crippen LogP contribution in [0.3, 0.4) is 0 Å². The second-order valence-electron chi connectivity index (χ2n) is 4.28. The molecular weight excluding hydrogens is 344 g/mol. The van der Waals surface area contributed by atoms with Crippen molar-refractivity contribution in [1.29, 1.82) is 0 Å². The van der Waals surface area contributed by atoms with Crippen molar-refractivity contribution in [3.8, 4) is 0 Å². The molecule has 1 heterocycles. The number of hydrogen-bond acceptors (Lipinski definition) is 4. The highest BCUT2D eigenvalue weighted by molar-refractivity contribution is 9.10. The molecule has 1 aromatic heterocycles. The van der Waals surface area contributed by atoms with Crippen LogP contribution < -0.4 is 11.1 Å². The number of nitrogens with two attached hydrogens (primary N) is 1. The van der Waals surface area contributed by atoms with E-state index < -0.39 is 0 Å². The summed E-state index contributed by atoms with van der Waals surface area (Å²) in [6, 6.07) is 5.05. The van der Waals surface area contributed by atoms with Crippen molar-refractivity contribution in [1.82, 2.24) is 9.97 Å². The maximum atomic E-state index is 12.3. The number of nitrogen functional groups attached to an aromatic ring is 1. The van der Waals surface area contributed by atoms with Gasteiger partial charge in [0.25, 0.3) is 5.91 Å². The normalized spacial score (nSPS) is 10.4. The second-order valence-corrected chi connectivity index (χ2v) is 5.58. The lowest BCUT2D eigenvalue weighted by molar-refractivity contribution is 0.102. The van der Waals surface area contributed by atoms with Gasteiger partial charge in [-0.2, -0.15) is 0 Å². The first-order chi connectivity index (χ1) is 9.36. The molecule has 0 atom stereocenters. The summed E-state index contributed by atoms with van der Waals surface area (Å²) < 4.78 is 0.731. The summed E-state index contributed by atoms with van der Waals surface area (Å²) in [7, 11) is 0. The van der Waals surface area contributed by atoms with Crippen LogP contribution in [0.2, 0.25) is 5.15 Å². The number of halogens is 2. The summed E-state index contributed by atoms with van der Waals surface area (Å²) in [5, 5.41) is 2.89. The van der Waals surface area contributed by atoms with Crippen molar-refractivity contribution in [2.45, 2.75) is 13.8 Å². The van der Waals surface area contributed by atoms with E-state index >= 15 is 0 Å². The van der Waals surface area contributed by atoms with E-state index in [1.807, 2.05) is 0 Å². The number of hydrogen-bond donors (Lipinski definition) is 2. The molecule has 104 valence electrons. The monoisotopic (exact) mass is 354 g/mol. The van der Waals surface area contributed by atoms with Crippen LogP contribution in [0.1, 0.15) is 21.6 Å². The Balaban J connectivity index is 2.33. The van der Waals surface area contributed by atoms with Crippen LogP contribution in [0.4, 0.5) is 11.6 Å². The third-order valence-corrected chi connectivity index (χ3v) is 3.36. The molecule has 0 aliphatic carbocycles. The van der Waals surface area contributed by atoms with E-state index in [9.17, 15) is 4.79 Å². The number of aryl methyl sites for hydroxylation is 1. The highest BCUT2D eigenvalue weighted by atomic mass is 79.9. The fourth-order valence-electron chi connectivity index (χ4n) is 1.69. The standard InChI is InChI=1S/C13H12BrClN4O/c1-6-3-11(15)18-13(17-6)19-12(20)9-4-8(14)5-10(16)7(9)2/h3-5H,16H2,1-2H3,(H,17,18,19,20). The van der Waals surface area contributed by atoms with Gasteiger partial charge in [-0.25, -0.2) is 9.97 Å². The average Bonchev–Trinajstić information content (AvgIpc) is 2.32. The Hall–Kier alpha value is -1.66. The smallest absolute Gasteiger partial charge is 0.258 e. The largest absolute Gasteiger partial charge is 0.398 e. The predicted octanol–water partition coefficient (Wildman–Crippen LogP) is 3.34. The minimum absolute atomic E-state index is 0.165. The Labute approximate surface area is 129 Å². The first-order valence-electron chi connectivity index (χ1n) is 5.75. The zero-order chi connectivity index (χ0) is 14.9. The van der Waals surface area contributed by atoms with Gasteiger partial charge in [-0.3, -0.25) is 10.1 Å². The summed E-state index contributed by atoms with van der Waals surface area (Å²) >= 11 is 9.14. The first kappa shape index (κ1) is 14.7. The fraction of sp³-hybridized carbons (Fsp3) is 0.154. The molecular formula is C13H12BrClN4O. The quantitative estimate of drug-likeness (QED) is 0.639. The molecule has 0 aliphatic heterocycles. The number of amides is 1. The average molecular weight is 356 g/mol. The van der Waals surface area contributed by atoms with E-state index in [2.05, 4.69) is 31.2 Å². The summed E-state index contributed by atoms with van der Waals surface area (Å²) in [5.74, 6) is -0.171. The molecule has 0 unspecified atom stereocenters. The zero-order valence-corrected chi connectivity index (χ0v) is 13.2. The molecule has 1 aromatic carbocycles. The van der Waals surface area contributed by atoms with E-state index in [0.717, 1.165) is 4.47 Å². The third-order valence-electron chi connectivity index (χ3n) is 2.71. The number of rotatable bonds is 2. The van der Waals surface area contributed by atoms with Crippen LogP contribution in [-0.2, 0) is 0 Å². The highest BCUT2D eigenvalue weighted by Crippen LogP contribution is 2.23.